The number of carbonyl (C=O) groups excluding carboxylic acids is 1. The Morgan fingerprint density at radius 3 is 3.05 bits per heavy atom. The largest absolute Gasteiger partial charge is 0.467 e. The van der Waals surface area contributed by atoms with E-state index in [1.807, 2.05) is 6.07 Å². The summed E-state index contributed by atoms with van der Waals surface area (Å²) in [6.45, 7) is 0.876. The van der Waals surface area contributed by atoms with Gasteiger partial charge in [-0.2, -0.15) is 5.26 Å². The van der Waals surface area contributed by atoms with E-state index in [1.165, 1.54) is 0 Å². The summed E-state index contributed by atoms with van der Waals surface area (Å²) in [5, 5.41) is 8.74. The van der Waals surface area contributed by atoms with Crippen LogP contribution in [0.15, 0.2) is 22.8 Å². The van der Waals surface area contributed by atoms with Crippen molar-refractivity contribution in [3.05, 3.63) is 24.2 Å². The molecule has 1 heterocycles. The molecule has 5 nitrogen and oxygen atoms in total. The highest BCUT2D eigenvalue weighted by molar-refractivity contribution is 5.79. The molecule has 0 bridgehead atoms. The van der Waals surface area contributed by atoms with Crippen molar-refractivity contribution >= 4 is 5.91 Å². The maximum atomic E-state index is 12.6. The highest BCUT2D eigenvalue weighted by Gasteiger charge is 2.29. The molecule has 0 aliphatic heterocycles. The Hall–Kier alpha value is -1.80. The molecule has 2 unspecified atom stereocenters. The molecule has 0 radical (unpaired) electrons. The Balaban J connectivity index is 2.01. The van der Waals surface area contributed by atoms with Crippen LogP contribution in [0.4, 0.5) is 0 Å². The van der Waals surface area contributed by atoms with Crippen LogP contribution < -0.4 is 5.73 Å². The molecule has 1 aromatic rings. The van der Waals surface area contributed by atoms with Gasteiger partial charge in [0.25, 0.3) is 0 Å². The van der Waals surface area contributed by atoms with Crippen molar-refractivity contribution in [2.45, 2.75) is 44.7 Å². The summed E-state index contributed by atoms with van der Waals surface area (Å²) < 4.78 is 5.30. The number of hydrogen-bond acceptors (Lipinski definition) is 4. The van der Waals surface area contributed by atoms with Crippen LogP contribution in [0.5, 0.6) is 0 Å². The smallest absolute Gasteiger partial charge is 0.226 e. The fraction of sp³-hybridized carbons (Fsp3) is 0.600. The van der Waals surface area contributed by atoms with Crippen molar-refractivity contribution in [2.75, 3.05) is 6.54 Å². The number of furan rings is 1. The first-order valence-corrected chi connectivity index (χ1v) is 7.14. The SMILES string of the molecule is N#CCCN(Cc1ccco1)C(=O)C1CCCC(N)C1. The zero-order chi connectivity index (χ0) is 14.4. The number of nitriles is 1. The molecular formula is C15H21N3O2. The van der Waals surface area contributed by atoms with Gasteiger partial charge in [-0.05, 0) is 31.4 Å². The fourth-order valence-corrected chi connectivity index (χ4v) is 2.75. The molecular weight excluding hydrogens is 254 g/mol. The monoisotopic (exact) mass is 275 g/mol. The molecule has 1 fully saturated rings. The molecule has 108 valence electrons. The fourth-order valence-electron chi connectivity index (χ4n) is 2.75. The number of nitrogens with two attached hydrogens (primary N) is 1. The number of nitrogens with zero attached hydrogens (tertiary/aromatic N) is 2. The molecule has 0 aromatic carbocycles. The zero-order valence-electron chi connectivity index (χ0n) is 11.6. The summed E-state index contributed by atoms with van der Waals surface area (Å²) >= 11 is 0. The van der Waals surface area contributed by atoms with Crippen LogP contribution in [0.3, 0.4) is 0 Å². The van der Waals surface area contributed by atoms with E-state index in [-0.39, 0.29) is 17.9 Å². The van der Waals surface area contributed by atoms with Gasteiger partial charge in [0.2, 0.25) is 5.91 Å². The van der Waals surface area contributed by atoms with Crippen molar-refractivity contribution in [1.29, 1.82) is 5.26 Å². The van der Waals surface area contributed by atoms with E-state index >= 15 is 0 Å². The lowest BCUT2D eigenvalue weighted by molar-refractivity contribution is -0.137. The minimum absolute atomic E-state index is 0.00703. The van der Waals surface area contributed by atoms with Crippen molar-refractivity contribution in [3.63, 3.8) is 0 Å². The molecule has 0 saturated heterocycles. The quantitative estimate of drug-likeness (QED) is 0.891. The number of carbonyl (C=O) groups is 1. The average molecular weight is 275 g/mol. The Morgan fingerprint density at radius 2 is 2.40 bits per heavy atom. The molecule has 1 aromatic heterocycles. The van der Waals surface area contributed by atoms with Gasteiger partial charge in [0.05, 0.1) is 25.3 Å². The molecule has 2 atom stereocenters. The third-order valence-electron chi connectivity index (χ3n) is 3.80. The number of rotatable bonds is 5. The van der Waals surface area contributed by atoms with Gasteiger partial charge in [-0.15, -0.1) is 0 Å². The first kappa shape index (κ1) is 14.6. The Bertz CT molecular complexity index is 464. The minimum atomic E-state index is -0.00703. The molecule has 0 spiro atoms. The highest BCUT2D eigenvalue weighted by Crippen LogP contribution is 2.25. The second-order valence-corrected chi connectivity index (χ2v) is 5.37. The molecule has 1 amide bonds. The molecule has 1 aliphatic carbocycles. The molecule has 20 heavy (non-hydrogen) atoms. The second kappa shape index (κ2) is 7.11. The van der Waals surface area contributed by atoms with E-state index < -0.39 is 0 Å². The first-order chi connectivity index (χ1) is 9.70. The summed E-state index contributed by atoms with van der Waals surface area (Å²) in [5.74, 6) is 0.843. The zero-order valence-corrected chi connectivity index (χ0v) is 11.6. The Labute approximate surface area is 119 Å². The lowest BCUT2D eigenvalue weighted by Gasteiger charge is -2.30. The van der Waals surface area contributed by atoms with Crippen molar-refractivity contribution in [3.8, 4) is 6.07 Å². The predicted molar refractivity (Wildman–Crippen MR) is 74.3 cm³/mol. The van der Waals surface area contributed by atoms with Crippen LogP contribution in [0.2, 0.25) is 0 Å². The Morgan fingerprint density at radius 1 is 1.55 bits per heavy atom. The van der Waals surface area contributed by atoms with E-state index in [9.17, 15) is 4.79 Å². The predicted octanol–water partition coefficient (Wildman–Crippen LogP) is 2.04. The summed E-state index contributed by atoms with van der Waals surface area (Å²) in [4.78, 5) is 14.3. The third kappa shape index (κ3) is 3.84. The van der Waals surface area contributed by atoms with E-state index in [1.54, 1.807) is 17.2 Å². The van der Waals surface area contributed by atoms with Crippen LogP contribution in [-0.2, 0) is 11.3 Å². The van der Waals surface area contributed by atoms with Crippen molar-refractivity contribution < 1.29 is 9.21 Å². The van der Waals surface area contributed by atoms with Gasteiger partial charge in [-0.3, -0.25) is 4.79 Å². The van der Waals surface area contributed by atoms with Gasteiger partial charge in [0.1, 0.15) is 5.76 Å². The summed E-state index contributed by atoms with van der Waals surface area (Å²) in [6, 6.07) is 5.87. The minimum Gasteiger partial charge on any atom is -0.467 e. The van der Waals surface area contributed by atoms with Crippen LogP contribution in [-0.4, -0.2) is 23.4 Å². The van der Waals surface area contributed by atoms with E-state index in [4.69, 9.17) is 15.4 Å². The van der Waals surface area contributed by atoms with Crippen molar-refractivity contribution in [2.24, 2.45) is 11.7 Å². The molecule has 2 N–H and O–H groups in total. The van der Waals surface area contributed by atoms with Gasteiger partial charge >= 0.3 is 0 Å². The van der Waals surface area contributed by atoms with E-state index in [0.717, 1.165) is 31.4 Å². The Kier molecular flexibility index (Phi) is 5.19. The van der Waals surface area contributed by atoms with Gasteiger partial charge in [-0.1, -0.05) is 6.42 Å². The maximum Gasteiger partial charge on any atom is 0.226 e. The maximum absolute atomic E-state index is 12.6. The first-order valence-electron chi connectivity index (χ1n) is 7.14. The summed E-state index contributed by atoms with van der Waals surface area (Å²) in [5.41, 5.74) is 5.96. The topological polar surface area (TPSA) is 83.3 Å². The third-order valence-corrected chi connectivity index (χ3v) is 3.80. The van der Waals surface area contributed by atoms with Gasteiger partial charge in [0.15, 0.2) is 0 Å². The van der Waals surface area contributed by atoms with Crippen molar-refractivity contribution in [1.82, 2.24) is 4.90 Å². The molecule has 2 rings (SSSR count). The second-order valence-electron chi connectivity index (χ2n) is 5.37. The van der Waals surface area contributed by atoms with Crippen LogP contribution in [0.1, 0.15) is 37.9 Å². The van der Waals surface area contributed by atoms with Crippen LogP contribution >= 0.6 is 0 Å². The highest BCUT2D eigenvalue weighted by atomic mass is 16.3. The summed E-state index contributed by atoms with van der Waals surface area (Å²) in [6.07, 6.45) is 5.59. The summed E-state index contributed by atoms with van der Waals surface area (Å²) in [7, 11) is 0. The molecule has 1 saturated carbocycles. The van der Waals surface area contributed by atoms with Gasteiger partial charge < -0.3 is 15.1 Å². The van der Waals surface area contributed by atoms with Crippen LogP contribution in [0, 0.1) is 17.2 Å². The lowest BCUT2D eigenvalue weighted by atomic mass is 9.85. The average Bonchev–Trinajstić information content (AvgIpc) is 2.95. The van der Waals surface area contributed by atoms with E-state index in [2.05, 4.69) is 6.07 Å². The van der Waals surface area contributed by atoms with Gasteiger partial charge in [-0.25, -0.2) is 0 Å². The normalized spacial score (nSPS) is 22.2. The standard InChI is InChI=1S/C15H21N3O2/c16-7-3-8-18(11-14-6-2-9-20-14)15(19)12-4-1-5-13(17)10-12/h2,6,9,12-13H,1,3-5,8,10-11,17H2. The lowest BCUT2D eigenvalue weighted by Crippen LogP contribution is -2.40. The number of amides is 1. The molecule has 5 heteroatoms. The van der Waals surface area contributed by atoms with Crippen LogP contribution in [0.25, 0.3) is 0 Å². The van der Waals surface area contributed by atoms with Gasteiger partial charge in [0, 0.05) is 18.5 Å². The van der Waals surface area contributed by atoms with E-state index in [0.29, 0.717) is 19.5 Å². The number of hydrogen-bond donors (Lipinski definition) is 1. The molecule has 1 aliphatic rings.